The minimum absolute atomic E-state index is 0.125. The highest BCUT2D eigenvalue weighted by molar-refractivity contribution is 6.31. The molecule has 0 aliphatic heterocycles. The van der Waals surface area contributed by atoms with Crippen molar-refractivity contribution >= 4 is 17.3 Å². The summed E-state index contributed by atoms with van der Waals surface area (Å²) in [6.07, 6.45) is 0. The van der Waals surface area contributed by atoms with Gasteiger partial charge in [0.25, 0.3) is 0 Å². The third kappa shape index (κ3) is 3.36. The lowest BCUT2D eigenvalue weighted by atomic mass is 10.0. The zero-order valence-electron chi connectivity index (χ0n) is 8.93. The van der Waals surface area contributed by atoms with Gasteiger partial charge in [0.05, 0.1) is 5.02 Å². The minimum atomic E-state index is -0.406. The molecule has 0 radical (unpaired) electrons. The third-order valence-electron chi connectivity index (χ3n) is 2.33. The van der Waals surface area contributed by atoms with Crippen LogP contribution in [0.5, 0.6) is 0 Å². The van der Waals surface area contributed by atoms with Crippen LogP contribution in [0.4, 0.5) is 10.1 Å². The topological polar surface area (TPSA) is 38.0 Å². The van der Waals surface area contributed by atoms with E-state index in [1.807, 2.05) is 0 Å². The van der Waals surface area contributed by atoms with Crippen molar-refractivity contribution in [2.24, 2.45) is 11.7 Å². The first kappa shape index (κ1) is 12.3. The van der Waals surface area contributed by atoms with Crippen molar-refractivity contribution in [2.45, 2.75) is 19.9 Å². The Labute approximate surface area is 94.6 Å². The van der Waals surface area contributed by atoms with Gasteiger partial charge in [0.2, 0.25) is 0 Å². The Morgan fingerprint density at radius 2 is 2.13 bits per heavy atom. The number of rotatable bonds is 4. The van der Waals surface area contributed by atoms with Crippen molar-refractivity contribution in [3.63, 3.8) is 0 Å². The van der Waals surface area contributed by atoms with Gasteiger partial charge in [0.1, 0.15) is 5.82 Å². The van der Waals surface area contributed by atoms with E-state index >= 15 is 0 Å². The lowest BCUT2D eigenvalue weighted by molar-refractivity contribution is 0.531. The normalized spacial score (nSPS) is 12.9. The minimum Gasteiger partial charge on any atom is -0.381 e. The van der Waals surface area contributed by atoms with Crippen LogP contribution >= 0.6 is 11.6 Å². The first-order valence-corrected chi connectivity index (χ1v) is 5.34. The van der Waals surface area contributed by atoms with Gasteiger partial charge in [-0.3, -0.25) is 0 Å². The van der Waals surface area contributed by atoms with Crippen LogP contribution in [0.3, 0.4) is 0 Å². The molecule has 0 spiro atoms. The molecule has 1 unspecified atom stereocenters. The summed E-state index contributed by atoms with van der Waals surface area (Å²) >= 11 is 5.67. The number of hydrogen-bond donors (Lipinski definition) is 2. The van der Waals surface area contributed by atoms with Gasteiger partial charge in [-0.1, -0.05) is 25.4 Å². The molecule has 1 aromatic carbocycles. The Kier molecular flexibility index (Phi) is 4.36. The standard InChI is InChI=1S/C11H16ClFN2/c1-7(2)11(6-14)15-8-3-4-10(13)9(12)5-8/h3-5,7,11,15H,6,14H2,1-2H3. The molecular formula is C11H16ClFN2. The van der Waals surface area contributed by atoms with Crippen molar-refractivity contribution in [3.05, 3.63) is 29.0 Å². The Balaban J connectivity index is 2.75. The molecule has 4 heteroatoms. The van der Waals surface area contributed by atoms with Crippen molar-refractivity contribution in [2.75, 3.05) is 11.9 Å². The molecule has 0 fully saturated rings. The molecule has 2 nitrogen and oxygen atoms in total. The molecule has 0 saturated heterocycles. The quantitative estimate of drug-likeness (QED) is 0.835. The second-order valence-electron chi connectivity index (χ2n) is 3.86. The van der Waals surface area contributed by atoms with Crippen molar-refractivity contribution in [1.29, 1.82) is 0 Å². The fourth-order valence-electron chi connectivity index (χ4n) is 1.30. The smallest absolute Gasteiger partial charge is 0.141 e. The summed E-state index contributed by atoms with van der Waals surface area (Å²) in [5.41, 5.74) is 6.42. The van der Waals surface area contributed by atoms with E-state index in [-0.39, 0.29) is 11.1 Å². The van der Waals surface area contributed by atoms with Gasteiger partial charge in [-0.05, 0) is 24.1 Å². The van der Waals surface area contributed by atoms with Crippen LogP contribution in [0.15, 0.2) is 18.2 Å². The summed E-state index contributed by atoms with van der Waals surface area (Å²) in [4.78, 5) is 0. The van der Waals surface area contributed by atoms with Crippen LogP contribution in [-0.4, -0.2) is 12.6 Å². The van der Waals surface area contributed by atoms with E-state index in [1.165, 1.54) is 6.07 Å². The number of halogens is 2. The molecule has 0 amide bonds. The maximum atomic E-state index is 12.9. The fraction of sp³-hybridized carbons (Fsp3) is 0.455. The van der Waals surface area contributed by atoms with Crippen LogP contribution in [0, 0.1) is 11.7 Å². The zero-order chi connectivity index (χ0) is 11.4. The van der Waals surface area contributed by atoms with Gasteiger partial charge >= 0.3 is 0 Å². The monoisotopic (exact) mass is 230 g/mol. The molecule has 1 aromatic rings. The molecule has 3 N–H and O–H groups in total. The summed E-state index contributed by atoms with van der Waals surface area (Å²) in [6.45, 7) is 4.69. The molecule has 1 atom stereocenters. The number of anilines is 1. The molecule has 0 heterocycles. The van der Waals surface area contributed by atoms with Crippen molar-refractivity contribution in [1.82, 2.24) is 0 Å². The van der Waals surface area contributed by atoms with Crippen molar-refractivity contribution < 1.29 is 4.39 Å². The third-order valence-corrected chi connectivity index (χ3v) is 2.62. The highest BCUT2D eigenvalue weighted by Gasteiger charge is 2.11. The SMILES string of the molecule is CC(C)C(CN)Nc1ccc(F)c(Cl)c1. The van der Waals surface area contributed by atoms with E-state index in [2.05, 4.69) is 19.2 Å². The summed E-state index contributed by atoms with van der Waals surface area (Å²) in [7, 11) is 0. The molecule has 0 aliphatic carbocycles. The van der Waals surface area contributed by atoms with Crippen LogP contribution in [-0.2, 0) is 0 Å². The largest absolute Gasteiger partial charge is 0.381 e. The van der Waals surface area contributed by atoms with Crippen LogP contribution < -0.4 is 11.1 Å². The fourth-order valence-corrected chi connectivity index (χ4v) is 1.48. The lowest BCUT2D eigenvalue weighted by Crippen LogP contribution is -2.33. The molecule has 0 aromatic heterocycles. The van der Waals surface area contributed by atoms with Gasteiger partial charge in [-0.15, -0.1) is 0 Å². The van der Waals surface area contributed by atoms with Gasteiger partial charge < -0.3 is 11.1 Å². The predicted octanol–water partition coefficient (Wildman–Crippen LogP) is 2.87. The molecule has 0 bridgehead atoms. The van der Waals surface area contributed by atoms with E-state index in [9.17, 15) is 4.39 Å². The molecule has 0 aliphatic rings. The number of benzene rings is 1. The van der Waals surface area contributed by atoms with Gasteiger partial charge in [0.15, 0.2) is 0 Å². The summed E-state index contributed by atoms with van der Waals surface area (Å²) in [5.74, 6) is 0.00916. The number of nitrogens with one attached hydrogen (secondary N) is 1. The highest BCUT2D eigenvalue weighted by atomic mass is 35.5. The Hall–Kier alpha value is -0.800. The van der Waals surface area contributed by atoms with Crippen LogP contribution in [0.1, 0.15) is 13.8 Å². The molecule has 84 valence electrons. The second-order valence-corrected chi connectivity index (χ2v) is 4.27. The maximum Gasteiger partial charge on any atom is 0.141 e. The first-order chi connectivity index (χ1) is 7.04. The van der Waals surface area contributed by atoms with Crippen LogP contribution in [0.2, 0.25) is 5.02 Å². The van der Waals surface area contributed by atoms with Gasteiger partial charge in [0, 0.05) is 18.3 Å². The number of nitrogens with two attached hydrogens (primary N) is 1. The molecule has 15 heavy (non-hydrogen) atoms. The van der Waals surface area contributed by atoms with E-state index in [0.29, 0.717) is 12.5 Å². The summed E-state index contributed by atoms with van der Waals surface area (Å²) < 4.78 is 12.9. The Morgan fingerprint density at radius 1 is 1.47 bits per heavy atom. The Bertz CT molecular complexity index is 328. The average molecular weight is 231 g/mol. The second kappa shape index (κ2) is 5.33. The molecule has 0 saturated carbocycles. The maximum absolute atomic E-state index is 12.9. The predicted molar refractivity (Wildman–Crippen MR) is 62.7 cm³/mol. The first-order valence-electron chi connectivity index (χ1n) is 4.96. The molecular weight excluding hydrogens is 215 g/mol. The van der Waals surface area contributed by atoms with Crippen LogP contribution in [0.25, 0.3) is 0 Å². The van der Waals surface area contributed by atoms with Gasteiger partial charge in [-0.25, -0.2) is 4.39 Å². The van der Waals surface area contributed by atoms with Gasteiger partial charge in [-0.2, -0.15) is 0 Å². The lowest BCUT2D eigenvalue weighted by Gasteiger charge is -2.21. The van der Waals surface area contributed by atoms with E-state index in [1.54, 1.807) is 12.1 Å². The highest BCUT2D eigenvalue weighted by Crippen LogP contribution is 2.20. The van der Waals surface area contributed by atoms with E-state index in [0.717, 1.165) is 5.69 Å². The molecule has 1 rings (SSSR count). The van der Waals surface area contributed by atoms with E-state index in [4.69, 9.17) is 17.3 Å². The van der Waals surface area contributed by atoms with Crippen molar-refractivity contribution in [3.8, 4) is 0 Å². The summed E-state index contributed by atoms with van der Waals surface area (Å²) in [6, 6.07) is 4.75. The summed E-state index contributed by atoms with van der Waals surface area (Å²) in [5, 5.41) is 3.34. The average Bonchev–Trinajstić information content (AvgIpc) is 2.19. The Morgan fingerprint density at radius 3 is 2.60 bits per heavy atom. The van der Waals surface area contributed by atoms with E-state index < -0.39 is 5.82 Å². The zero-order valence-corrected chi connectivity index (χ0v) is 9.68. The number of hydrogen-bond acceptors (Lipinski definition) is 2.